The van der Waals surface area contributed by atoms with Crippen LogP contribution in [0.25, 0.3) is 10.2 Å². The maximum atomic E-state index is 4.88. The minimum Gasteiger partial charge on any atom is -0.347 e. The van der Waals surface area contributed by atoms with Crippen molar-refractivity contribution in [2.75, 3.05) is 11.4 Å². The Bertz CT molecular complexity index is 832. The number of thiazole rings is 1. The zero-order valence-corrected chi connectivity index (χ0v) is 15.2. The van der Waals surface area contributed by atoms with Gasteiger partial charge in [0.15, 0.2) is 0 Å². The molecule has 2 aromatic heterocycles. The van der Waals surface area contributed by atoms with E-state index in [0.717, 1.165) is 30.1 Å². The Hall–Kier alpha value is -2.01. The summed E-state index contributed by atoms with van der Waals surface area (Å²) in [6.07, 6.45) is 4.20. The molecule has 24 heavy (non-hydrogen) atoms. The number of benzene rings is 1. The van der Waals surface area contributed by atoms with Crippen molar-refractivity contribution in [1.82, 2.24) is 15.0 Å². The van der Waals surface area contributed by atoms with E-state index < -0.39 is 0 Å². The van der Waals surface area contributed by atoms with Crippen molar-refractivity contribution in [3.63, 3.8) is 0 Å². The number of para-hydroxylation sites is 1. The molecule has 0 N–H and O–H groups in total. The van der Waals surface area contributed by atoms with E-state index in [1.165, 1.54) is 16.1 Å². The van der Waals surface area contributed by atoms with E-state index in [-0.39, 0.29) is 5.41 Å². The molecule has 4 nitrogen and oxygen atoms in total. The Balaban J connectivity index is 1.70. The Kier molecular flexibility index (Phi) is 3.76. The molecule has 0 radical (unpaired) electrons. The average molecular weight is 338 g/mol. The van der Waals surface area contributed by atoms with Crippen LogP contribution in [0, 0.1) is 0 Å². The molecule has 1 aliphatic rings. The van der Waals surface area contributed by atoms with Gasteiger partial charge in [-0.3, -0.25) is 0 Å². The van der Waals surface area contributed by atoms with Crippen LogP contribution >= 0.6 is 11.3 Å². The summed E-state index contributed by atoms with van der Waals surface area (Å²) in [6, 6.07) is 10.7. The zero-order chi connectivity index (χ0) is 16.7. The summed E-state index contributed by atoms with van der Waals surface area (Å²) >= 11 is 1.81. The van der Waals surface area contributed by atoms with Crippen molar-refractivity contribution in [1.29, 1.82) is 0 Å². The summed E-state index contributed by atoms with van der Waals surface area (Å²) in [5, 5.41) is 1.20. The van der Waals surface area contributed by atoms with E-state index in [1.54, 1.807) is 11.3 Å². The quantitative estimate of drug-likeness (QED) is 0.678. The fraction of sp³-hybridized carbons (Fsp3) is 0.421. The summed E-state index contributed by atoms with van der Waals surface area (Å²) in [5.74, 6) is 1.92. The Labute approximate surface area is 146 Å². The number of hydrogen-bond acceptors (Lipinski definition) is 5. The van der Waals surface area contributed by atoms with Crippen LogP contribution in [0.3, 0.4) is 0 Å². The van der Waals surface area contributed by atoms with Gasteiger partial charge in [-0.2, -0.15) is 0 Å². The molecule has 0 saturated carbocycles. The molecule has 4 rings (SSSR count). The van der Waals surface area contributed by atoms with E-state index in [1.807, 2.05) is 12.3 Å². The highest BCUT2D eigenvalue weighted by Crippen LogP contribution is 2.38. The second kappa shape index (κ2) is 5.81. The molecular formula is C19H22N4S. The van der Waals surface area contributed by atoms with Gasteiger partial charge in [0.1, 0.15) is 16.6 Å². The molecule has 124 valence electrons. The minimum absolute atomic E-state index is 0.0406. The Morgan fingerprint density at radius 3 is 2.75 bits per heavy atom. The normalized spacial score (nSPS) is 18.5. The van der Waals surface area contributed by atoms with Crippen LogP contribution in [0.2, 0.25) is 0 Å². The van der Waals surface area contributed by atoms with Crippen LogP contribution < -0.4 is 4.90 Å². The second-order valence-corrected chi connectivity index (χ2v) is 8.42. The highest BCUT2D eigenvalue weighted by molar-refractivity contribution is 7.18. The van der Waals surface area contributed by atoms with Gasteiger partial charge in [-0.1, -0.05) is 32.9 Å². The monoisotopic (exact) mass is 338 g/mol. The van der Waals surface area contributed by atoms with Gasteiger partial charge >= 0.3 is 0 Å². The lowest BCUT2D eigenvalue weighted by Crippen LogP contribution is -2.25. The van der Waals surface area contributed by atoms with Crippen molar-refractivity contribution in [3.8, 4) is 0 Å². The molecule has 0 amide bonds. The highest BCUT2D eigenvalue weighted by atomic mass is 32.1. The van der Waals surface area contributed by atoms with Crippen molar-refractivity contribution >= 4 is 27.4 Å². The predicted octanol–water partition coefficient (Wildman–Crippen LogP) is 4.73. The van der Waals surface area contributed by atoms with Gasteiger partial charge in [0, 0.05) is 18.2 Å². The predicted molar refractivity (Wildman–Crippen MR) is 99.7 cm³/mol. The maximum Gasteiger partial charge on any atom is 0.135 e. The van der Waals surface area contributed by atoms with Crippen LogP contribution in [-0.2, 0) is 5.41 Å². The topological polar surface area (TPSA) is 41.9 Å². The molecule has 1 aromatic carbocycles. The smallest absolute Gasteiger partial charge is 0.135 e. The Morgan fingerprint density at radius 2 is 1.96 bits per heavy atom. The van der Waals surface area contributed by atoms with E-state index in [2.05, 4.69) is 54.9 Å². The molecule has 0 bridgehead atoms. The van der Waals surface area contributed by atoms with E-state index in [4.69, 9.17) is 9.97 Å². The Morgan fingerprint density at radius 1 is 1.12 bits per heavy atom. The third-order valence-corrected chi connectivity index (χ3v) is 5.59. The van der Waals surface area contributed by atoms with E-state index in [0.29, 0.717) is 6.04 Å². The average Bonchev–Trinajstić information content (AvgIpc) is 3.20. The third kappa shape index (κ3) is 2.77. The first kappa shape index (κ1) is 15.5. The minimum atomic E-state index is -0.0406. The van der Waals surface area contributed by atoms with Crippen molar-refractivity contribution in [3.05, 3.63) is 47.4 Å². The fourth-order valence-corrected chi connectivity index (χ4v) is 4.32. The molecular weight excluding hydrogens is 316 g/mol. The third-order valence-electron chi connectivity index (χ3n) is 4.45. The van der Waals surface area contributed by atoms with Gasteiger partial charge in [0.2, 0.25) is 0 Å². The lowest BCUT2D eigenvalue weighted by molar-refractivity contribution is 0.543. The molecule has 1 saturated heterocycles. The van der Waals surface area contributed by atoms with E-state index >= 15 is 0 Å². The van der Waals surface area contributed by atoms with Crippen molar-refractivity contribution in [2.45, 2.75) is 45.1 Å². The van der Waals surface area contributed by atoms with Gasteiger partial charge in [-0.05, 0) is 31.0 Å². The SMILES string of the molecule is CC(C)(C)c1nccc(N2CCCC2c2nc3ccccc3s2)n1. The van der Waals surface area contributed by atoms with Crippen LogP contribution in [0.1, 0.15) is 50.5 Å². The first-order chi connectivity index (χ1) is 11.5. The standard InChI is InChI=1S/C19H22N4S/c1-19(2,3)18-20-11-10-16(22-18)23-12-6-8-14(23)17-21-13-7-4-5-9-15(13)24-17/h4-5,7,9-11,14H,6,8,12H2,1-3H3. The number of fused-ring (bicyclic) bond motifs is 1. The first-order valence-electron chi connectivity index (χ1n) is 8.48. The lowest BCUT2D eigenvalue weighted by atomic mass is 9.96. The molecule has 1 atom stereocenters. The molecule has 3 aromatic rings. The molecule has 0 spiro atoms. The van der Waals surface area contributed by atoms with Crippen molar-refractivity contribution in [2.24, 2.45) is 0 Å². The van der Waals surface area contributed by atoms with E-state index in [9.17, 15) is 0 Å². The molecule has 3 heterocycles. The summed E-state index contributed by atoms with van der Waals surface area (Å²) < 4.78 is 1.26. The maximum absolute atomic E-state index is 4.88. The number of anilines is 1. The van der Waals surface area contributed by atoms with Gasteiger partial charge in [-0.25, -0.2) is 15.0 Å². The lowest BCUT2D eigenvalue weighted by Gasteiger charge is -2.26. The van der Waals surface area contributed by atoms with Crippen LogP contribution in [-0.4, -0.2) is 21.5 Å². The number of aromatic nitrogens is 3. The summed E-state index contributed by atoms with van der Waals surface area (Å²) in [5.41, 5.74) is 1.06. The molecule has 1 fully saturated rings. The molecule has 5 heteroatoms. The van der Waals surface area contributed by atoms with Gasteiger partial charge in [0.05, 0.1) is 16.3 Å². The molecule has 0 aliphatic carbocycles. The summed E-state index contributed by atoms with van der Waals surface area (Å²) in [7, 11) is 0. The number of hydrogen-bond donors (Lipinski definition) is 0. The van der Waals surface area contributed by atoms with Crippen LogP contribution in [0.4, 0.5) is 5.82 Å². The van der Waals surface area contributed by atoms with Gasteiger partial charge in [-0.15, -0.1) is 11.3 Å². The zero-order valence-electron chi connectivity index (χ0n) is 14.4. The molecule has 1 aliphatic heterocycles. The van der Waals surface area contributed by atoms with Gasteiger partial charge < -0.3 is 4.90 Å². The van der Waals surface area contributed by atoms with Crippen LogP contribution in [0.5, 0.6) is 0 Å². The number of rotatable bonds is 2. The fourth-order valence-electron chi connectivity index (χ4n) is 3.20. The van der Waals surface area contributed by atoms with Gasteiger partial charge in [0.25, 0.3) is 0 Å². The summed E-state index contributed by atoms with van der Waals surface area (Å²) in [4.78, 5) is 16.6. The first-order valence-corrected chi connectivity index (χ1v) is 9.30. The highest BCUT2D eigenvalue weighted by Gasteiger charge is 2.30. The van der Waals surface area contributed by atoms with Crippen molar-refractivity contribution < 1.29 is 0 Å². The molecule has 1 unspecified atom stereocenters. The largest absolute Gasteiger partial charge is 0.347 e. The van der Waals surface area contributed by atoms with Crippen LogP contribution in [0.15, 0.2) is 36.5 Å². The number of nitrogens with zero attached hydrogens (tertiary/aromatic N) is 4. The second-order valence-electron chi connectivity index (χ2n) is 7.36. The summed E-state index contributed by atoms with van der Waals surface area (Å²) in [6.45, 7) is 7.49.